The molecule has 0 radical (unpaired) electrons. The van der Waals surface area contributed by atoms with Gasteiger partial charge in [0.05, 0.1) is 23.6 Å². The Bertz CT molecular complexity index is 1350. The van der Waals surface area contributed by atoms with Gasteiger partial charge in [-0.1, -0.05) is 24.3 Å². The molecular weight excluding hydrogens is 403 g/mol. The van der Waals surface area contributed by atoms with Gasteiger partial charge in [-0.25, -0.2) is 14.2 Å². The van der Waals surface area contributed by atoms with Gasteiger partial charge in [-0.2, -0.15) is 0 Å². The first-order valence-electron chi connectivity index (χ1n) is 10.7. The Balaban J connectivity index is 1.46. The second-order valence-corrected chi connectivity index (χ2v) is 8.19. The maximum absolute atomic E-state index is 15.2. The molecule has 32 heavy (non-hydrogen) atoms. The van der Waals surface area contributed by atoms with E-state index in [-0.39, 0.29) is 5.82 Å². The normalized spacial score (nSPS) is 14.8. The predicted octanol–water partition coefficient (Wildman–Crippen LogP) is 4.47. The van der Waals surface area contributed by atoms with E-state index >= 15 is 4.39 Å². The average Bonchev–Trinajstić information content (AvgIpc) is 3.45. The Morgan fingerprint density at radius 2 is 1.81 bits per heavy atom. The van der Waals surface area contributed by atoms with Crippen LogP contribution in [0.5, 0.6) is 0 Å². The van der Waals surface area contributed by atoms with Crippen LogP contribution < -0.4 is 10.2 Å². The van der Waals surface area contributed by atoms with Crippen LogP contribution in [-0.4, -0.2) is 40.3 Å². The number of piperazine rings is 1. The Morgan fingerprint density at radius 3 is 2.59 bits per heavy atom. The zero-order chi connectivity index (χ0) is 21.7. The van der Waals surface area contributed by atoms with Crippen molar-refractivity contribution in [2.24, 2.45) is 0 Å². The van der Waals surface area contributed by atoms with Crippen molar-refractivity contribution < 1.29 is 4.39 Å². The smallest absolute Gasteiger partial charge is 0.187 e. The minimum atomic E-state index is -0.197. The number of nitrogens with zero attached hydrogens (tertiary/aromatic N) is 5. The summed E-state index contributed by atoms with van der Waals surface area (Å²) in [6.07, 6.45) is 5.77. The molecule has 7 heteroatoms. The molecule has 2 aromatic carbocycles. The van der Waals surface area contributed by atoms with Crippen LogP contribution >= 0.6 is 0 Å². The van der Waals surface area contributed by atoms with Crippen LogP contribution in [0.1, 0.15) is 5.56 Å². The molecule has 158 valence electrons. The maximum atomic E-state index is 15.2. The molecule has 0 unspecified atom stereocenters. The van der Waals surface area contributed by atoms with Crippen LogP contribution in [0.15, 0.2) is 61.1 Å². The van der Waals surface area contributed by atoms with E-state index in [0.29, 0.717) is 17.9 Å². The van der Waals surface area contributed by atoms with Crippen LogP contribution in [0.2, 0.25) is 0 Å². The van der Waals surface area contributed by atoms with Crippen molar-refractivity contribution >= 4 is 11.4 Å². The van der Waals surface area contributed by atoms with Gasteiger partial charge in [-0.15, -0.1) is 0 Å². The van der Waals surface area contributed by atoms with E-state index in [0.717, 1.165) is 60.1 Å². The van der Waals surface area contributed by atoms with E-state index in [1.165, 1.54) is 0 Å². The maximum Gasteiger partial charge on any atom is 0.187 e. The van der Waals surface area contributed by atoms with Crippen molar-refractivity contribution in [2.45, 2.75) is 6.54 Å². The van der Waals surface area contributed by atoms with Gasteiger partial charge < -0.3 is 14.8 Å². The van der Waals surface area contributed by atoms with Crippen LogP contribution in [0.3, 0.4) is 0 Å². The number of hydrogen-bond donors (Lipinski definition) is 1. The summed E-state index contributed by atoms with van der Waals surface area (Å²) in [6, 6.07) is 13.4. The summed E-state index contributed by atoms with van der Waals surface area (Å²) in [6.45, 7) is 11.1. The highest BCUT2D eigenvalue weighted by molar-refractivity contribution is 5.73. The van der Waals surface area contributed by atoms with Crippen LogP contribution in [0, 0.1) is 12.4 Å². The van der Waals surface area contributed by atoms with Crippen molar-refractivity contribution in [3.63, 3.8) is 0 Å². The van der Waals surface area contributed by atoms with Crippen molar-refractivity contribution in [1.82, 2.24) is 19.4 Å². The molecule has 0 aliphatic carbocycles. The van der Waals surface area contributed by atoms with Crippen molar-refractivity contribution in [3.8, 4) is 28.3 Å². The molecule has 6 nitrogen and oxygen atoms in total. The van der Waals surface area contributed by atoms with Crippen molar-refractivity contribution in [1.29, 1.82) is 0 Å². The summed E-state index contributed by atoms with van der Waals surface area (Å²) in [5, 5.41) is 3.33. The topological polar surface area (TPSA) is 42.4 Å². The number of imidazole rings is 1. The molecule has 0 atom stereocenters. The zero-order valence-corrected chi connectivity index (χ0v) is 17.4. The molecule has 6 rings (SSSR count). The summed E-state index contributed by atoms with van der Waals surface area (Å²) >= 11 is 0. The van der Waals surface area contributed by atoms with E-state index in [9.17, 15) is 0 Å². The molecule has 4 aromatic rings. The molecule has 4 heterocycles. The number of nitrogens with one attached hydrogen (secondary N) is 1. The summed E-state index contributed by atoms with van der Waals surface area (Å²) < 4.78 is 19.3. The third-order valence-corrected chi connectivity index (χ3v) is 6.30. The molecule has 1 saturated heterocycles. The van der Waals surface area contributed by atoms with Gasteiger partial charge in [0.1, 0.15) is 5.82 Å². The molecule has 0 amide bonds. The summed E-state index contributed by atoms with van der Waals surface area (Å²) in [4.78, 5) is 10.2. The number of aromatic nitrogens is 3. The van der Waals surface area contributed by atoms with Crippen molar-refractivity contribution in [2.75, 3.05) is 31.1 Å². The minimum Gasteiger partial charge on any atom is -0.367 e. The number of benzene rings is 2. The molecule has 0 spiro atoms. The lowest BCUT2D eigenvalue weighted by Gasteiger charge is -2.30. The van der Waals surface area contributed by atoms with E-state index in [1.54, 1.807) is 12.3 Å². The molecule has 0 saturated carbocycles. The fourth-order valence-corrected chi connectivity index (χ4v) is 4.68. The monoisotopic (exact) mass is 424 g/mol. The molecule has 2 aliphatic rings. The second-order valence-electron chi connectivity index (χ2n) is 8.19. The van der Waals surface area contributed by atoms with Gasteiger partial charge in [-0.3, -0.25) is 4.57 Å². The third-order valence-electron chi connectivity index (χ3n) is 6.30. The largest absolute Gasteiger partial charge is 0.367 e. The number of halogens is 1. The molecular formula is C25H21FN6. The second kappa shape index (κ2) is 7.36. The average molecular weight is 424 g/mol. The molecule has 2 aliphatic heterocycles. The minimum absolute atomic E-state index is 0.197. The number of anilines is 1. The first kappa shape index (κ1) is 18.8. The summed E-state index contributed by atoms with van der Waals surface area (Å²) in [5.41, 5.74) is 6.29. The van der Waals surface area contributed by atoms with Crippen LogP contribution in [0.25, 0.3) is 33.2 Å². The number of hydrogen-bond acceptors (Lipinski definition) is 3. The highest BCUT2D eigenvalue weighted by atomic mass is 19.1. The van der Waals surface area contributed by atoms with Gasteiger partial charge >= 0.3 is 0 Å². The Labute approximate surface area is 185 Å². The van der Waals surface area contributed by atoms with E-state index in [2.05, 4.69) is 36.9 Å². The van der Waals surface area contributed by atoms with E-state index < -0.39 is 0 Å². The fourth-order valence-electron chi connectivity index (χ4n) is 4.68. The standard InChI is InChI=1S/C25H21FN6/c1-27-20-4-2-17(3-5-20)18-12-24-25-29-8-11-32(25)22-14-21(26)23(30-9-6-28-7-10-30)13-19(22)16-31(24)15-18/h2-5,8,11-15,28H,6-7,9-10,16H2. The van der Waals surface area contributed by atoms with E-state index in [1.807, 2.05) is 41.1 Å². The Kier molecular flexibility index (Phi) is 4.33. The lowest BCUT2D eigenvalue weighted by Crippen LogP contribution is -2.44. The molecule has 1 N–H and O–H groups in total. The fraction of sp³-hybridized carbons (Fsp3) is 0.200. The quantitative estimate of drug-likeness (QED) is 0.425. The van der Waals surface area contributed by atoms with Crippen molar-refractivity contribution in [3.05, 3.63) is 83.9 Å². The number of fused-ring (bicyclic) bond motifs is 5. The third kappa shape index (κ3) is 3.00. The Morgan fingerprint density at radius 1 is 1.00 bits per heavy atom. The molecule has 2 aromatic heterocycles. The first-order valence-corrected chi connectivity index (χ1v) is 10.7. The summed E-state index contributed by atoms with van der Waals surface area (Å²) in [7, 11) is 0. The SMILES string of the molecule is [C-]#[N+]c1ccc(-c2cc3n(c2)Cc2cc(N4CCNCC4)c(F)cc2-n2ccnc2-3)cc1. The van der Waals surface area contributed by atoms with Gasteiger partial charge in [0, 0.05) is 62.9 Å². The zero-order valence-electron chi connectivity index (χ0n) is 17.4. The van der Waals surface area contributed by atoms with Gasteiger partial charge in [0.15, 0.2) is 11.5 Å². The first-order chi connectivity index (χ1) is 15.7. The molecule has 0 bridgehead atoms. The van der Waals surface area contributed by atoms with Gasteiger partial charge in [0.25, 0.3) is 0 Å². The van der Waals surface area contributed by atoms with E-state index in [4.69, 9.17) is 6.57 Å². The summed E-state index contributed by atoms with van der Waals surface area (Å²) in [5.74, 6) is 0.597. The van der Waals surface area contributed by atoms with Gasteiger partial charge in [-0.05, 0) is 23.3 Å². The molecule has 1 fully saturated rings. The number of rotatable bonds is 2. The highest BCUT2D eigenvalue weighted by Crippen LogP contribution is 2.36. The van der Waals surface area contributed by atoms with Gasteiger partial charge in [0.2, 0.25) is 0 Å². The van der Waals surface area contributed by atoms with Crippen LogP contribution in [-0.2, 0) is 6.54 Å². The predicted molar refractivity (Wildman–Crippen MR) is 123 cm³/mol. The highest BCUT2D eigenvalue weighted by Gasteiger charge is 2.24. The lowest BCUT2D eigenvalue weighted by molar-refractivity contribution is 0.565. The Hall–Kier alpha value is -3.89. The van der Waals surface area contributed by atoms with Crippen LogP contribution in [0.4, 0.5) is 15.8 Å². The lowest BCUT2D eigenvalue weighted by atomic mass is 10.1.